The van der Waals surface area contributed by atoms with Gasteiger partial charge in [-0.1, -0.05) is 29.8 Å². The summed E-state index contributed by atoms with van der Waals surface area (Å²) in [6, 6.07) is 10.4. The van der Waals surface area contributed by atoms with E-state index in [1.807, 2.05) is 18.2 Å². The molecule has 2 aromatic carbocycles. The van der Waals surface area contributed by atoms with E-state index in [4.69, 9.17) is 11.6 Å². The Balaban J connectivity index is 1.93. The molecule has 1 heterocycles. The Bertz CT molecular complexity index is 942. The molecule has 0 fully saturated rings. The van der Waals surface area contributed by atoms with Crippen LogP contribution in [0.2, 0.25) is 5.02 Å². The molecule has 23 heavy (non-hydrogen) atoms. The lowest BCUT2D eigenvalue weighted by Gasteiger charge is -2.04. The summed E-state index contributed by atoms with van der Waals surface area (Å²) >= 11 is 7.42. The molecule has 5 nitrogen and oxygen atoms in total. The maximum atomic E-state index is 13.3. The van der Waals surface area contributed by atoms with Crippen molar-refractivity contribution in [2.75, 3.05) is 5.32 Å². The molecule has 1 aromatic heterocycles. The molecule has 0 unspecified atom stereocenters. The molecule has 3 aromatic rings. The largest absolute Gasteiger partial charge is 0.321 e. The summed E-state index contributed by atoms with van der Waals surface area (Å²) in [5, 5.41) is 14.3. The standard InChI is InChI=1S/C15H8ClFN2O3S/c16-13-9-3-1-2-4-12(9)23-14(13)15(20)18-8-5-6-10(17)11(7-8)19(21)22/h1-7H,(H,18,20). The van der Waals surface area contributed by atoms with Crippen molar-refractivity contribution < 1.29 is 14.1 Å². The number of nitro groups is 1. The van der Waals surface area contributed by atoms with Crippen LogP contribution in [0, 0.1) is 15.9 Å². The maximum Gasteiger partial charge on any atom is 0.306 e. The van der Waals surface area contributed by atoms with Gasteiger partial charge in [0, 0.05) is 21.8 Å². The first-order chi connectivity index (χ1) is 11.0. The monoisotopic (exact) mass is 350 g/mol. The second-order valence-corrected chi connectivity index (χ2v) is 6.05. The molecule has 0 aliphatic heterocycles. The van der Waals surface area contributed by atoms with E-state index in [9.17, 15) is 19.3 Å². The van der Waals surface area contributed by atoms with Crippen LogP contribution in [-0.2, 0) is 0 Å². The van der Waals surface area contributed by atoms with E-state index in [2.05, 4.69) is 5.32 Å². The second kappa shape index (κ2) is 5.94. The maximum absolute atomic E-state index is 13.3. The van der Waals surface area contributed by atoms with Crippen LogP contribution in [0.3, 0.4) is 0 Å². The SMILES string of the molecule is O=C(Nc1ccc(F)c([N+](=O)[O-])c1)c1sc2ccccc2c1Cl. The molecule has 0 aliphatic rings. The molecular formula is C15H8ClFN2O3S. The zero-order valence-corrected chi connectivity index (χ0v) is 13.0. The Labute approximate surface area is 138 Å². The number of nitro benzene ring substituents is 1. The minimum Gasteiger partial charge on any atom is -0.321 e. The van der Waals surface area contributed by atoms with Gasteiger partial charge in [-0.25, -0.2) is 0 Å². The van der Waals surface area contributed by atoms with Crippen molar-refractivity contribution in [3.63, 3.8) is 0 Å². The number of thiophene rings is 1. The van der Waals surface area contributed by atoms with Crippen molar-refractivity contribution in [3.8, 4) is 0 Å². The smallest absolute Gasteiger partial charge is 0.306 e. The first kappa shape index (κ1) is 15.4. The normalized spacial score (nSPS) is 10.7. The molecule has 8 heteroatoms. The molecular weight excluding hydrogens is 343 g/mol. The van der Waals surface area contributed by atoms with Gasteiger partial charge in [0.1, 0.15) is 4.88 Å². The van der Waals surface area contributed by atoms with E-state index in [0.29, 0.717) is 9.90 Å². The molecule has 0 aliphatic carbocycles. The van der Waals surface area contributed by atoms with Gasteiger partial charge in [0.15, 0.2) is 0 Å². The number of nitrogens with zero attached hydrogens (tertiary/aromatic N) is 1. The zero-order chi connectivity index (χ0) is 16.6. The number of hydrogen-bond acceptors (Lipinski definition) is 4. The van der Waals surface area contributed by atoms with Gasteiger partial charge in [-0.15, -0.1) is 11.3 Å². The van der Waals surface area contributed by atoms with Crippen molar-refractivity contribution in [2.45, 2.75) is 0 Å². The van der Waals surface area contributed by atoms with Crippen molar-refractivity contribution >= 4 is 50.3 Å². The first-order valence-electron chi connectivity index (χ1n) is 6.39. The summed E-state index contributed by atoms with van der Waals surface area (Å²) in [5.74, 6) is -1.47. The fraction of sp³-hybridized carbons (Fsp3) is 0. The Hall–Kier alpha value is -2.51. The number of anilines is 1. The van der Waals surface area contributed by atoms with E-state index in [-0.39, 0.29) is 5.69 Å². The van der Waals surface area contributed by atoms with E-state index in [0.717, 1.165) is 22.2 Å². The fourth-order valence-electron chi connectivity index (χ4n) is 2.08. The van der Waals surface area contributed by atoms with Gasteiger partial charge in [0.05, 0.1) is 9.95 Å². The Morgan fingerprint density at radius 2 is 2.00 bits per heavy atom. The molecule has 0 radical (unpaired) electrons. The third-order valence-electron chi connectivity index (χ3n) is 3.14. The van der Waals surface area contributed by atoms with Gasteiger partial charge in [-0.3, -0.25) is 14.9 Å². The quantitative estimate of drug-likeness (QED) is 0.542. The van der Waals surface area contributed by atoms with Crippen LogP contribution in [-0.4, -0.2) is 10.8 Å². The average molecular weight is 351 g/mol. The number of amides is 1. The van der Waals surface area contributed by atoms with E-state index in [1.165, 1.54) is 17.4 Å². The fourth-order valence-corrected chi connectivity index (χ4v) is 3.49. The second-order valence-electron chi connectivity index (χ2n) is 4.62. The van der Waals surface area contributed by atoms with Crippen LogP contribution in [0.25, 0.3) is 10.1 Å². The highest BCUT2D eigenvalue weighted by Gasteiger charge is 2.19. The van der Waals surface area contributed by atoms with Gasteiger partial charge < -0.3 is 5.32 Å². The number of benzene rings is 2. The topological polar surface area (TPSA) is 72.2 Å². The molecule has 1 amide bonds. The van der Waals surface area contributed by atoms with Gasteiger partial charge in [0.25, 0.3) is 5.91 Å². The lowest BCUT2D eigenvalue weighted by Crippen LogP contribution is -2.11. The van der Waals surface area contributed by atoms with Crippen LogP contribution in [0.4, 0.5) is 15.8 Å². The summed E-state index contributed by atoms with van der Waals surface area (Å²) in [6.07, 6.45) is 0. The highest BCUT2D eigenvalue weighted by molar-refractivity contribution is 7.21. The molecule has 0 atom stereocenters. The summed E-state index contributed by atoms with van der Waals surface area (Å²) in [6.45, 7) is 0. The number of nitrogens with one attached hydrogen (secondary N) is 1. The average Bonchev–Trinajstić information content (AvgIpc) is 2.86. The lowest BCUT2D eigenvalue weighted by atomic mass is 10.2. The lowest BCUT2D eigenvalue weighted by molar-refractivity contribution is -0.387. The third kappa shape index (κ3) is 2.88. The Kier molecular flexibility index (Phi) is 3.97. The Morgan fingerprint density at radius 3 is 2.70 bits per heavy atom. The van der Waals surface area contributed by atoms with Crippen molar-refractivity contribution in [2.24, 2.45) is 0 Å². The summed E-state index contributed by atoms with van der Waals surface area (Å²) < 4.78 is 14.2. The molecule has 116 valence electrons. The molecule has 0 bridgehead atoms. The van der Waals surface area contributed by atoms with Gasteiger partial charge in [0.2, 0.25) is 5.82 Å². The van der Waals surface area contributed by atoms with Crippen LogP contribution in [0.5, 0.6) is 0 Å². The minimum absolute atomic E-state index is 0.122. The highest BCUT2D eigenvalue weighted by Crippen LogP contribution is 2.35. The van der Waals surface area contributed by atoms with Crippen LogP contribution in [0.1, 0.15) is 9.67 Å². The van der Waals surface area contributed by atoms with E-state index < -0.39 is 22.3 Å². The summed E-state index contributed by atoms with van der Waals surface area (Å²) in [7, 11) is 0. The van der Waals surface area contributed by atoms with E-state index >= 15 is 0 Å². The number of hydrogen-bond donors (Lipinski definition) is 1. The first-order valence-corrected chi connectivity index (χ1v) is 7.59. The number of fused-ring (bicyclic) bond motifs is 1. The number of carbonyl (C=O) groups excluding carboxylic acids is 1. The van der Waals surface area contributed by atoms with Gasteiger partial charge in [-0.2, -0.15) is 4.39 Å². The molecule has 0 spiro atoms. The third-order valence-corrected chi connectivity index (χ3v) is 4.82. The molecule has 3 rings (SSSR count). The molecule has 0 saturated carbocycles. The van der Waals surface area contributed by atoms with Crippen molar-refractivity contribution in [1.82, 2.24) is 0 Å². The minimum atomic E-state index is -0.965. The van der Waals surface area contributed by atoms with E-state index in [1.54, 1.807) is 6.07 Å². The van der Waals surface area contributed by atoms with Crippen molar-refractivity contribution in [3.05, 3.63) is 68.3 Å². The number of halogens is 2. The zero-order valence-electron chi connectivity index (χ0n) is 11.4. The van der Waals surface area contributed by atoms with Crippen LogP contribution < -0.4 is 5.32 Å². The van der Waals surface area contributed by atoms with Crippen molar-refractivity contribution in [1.29, 1.82) is 0 Å². The molecule has 1 N–H and O–H groups in total. The number of carbonyl (C=O) groups is 1. The predicted octanol–water partition coefficient (Wildman–Crippen LogP) is 4.85. The summed E-state index contributed by atoms with van der Waals surface area (Å²) in [5.41, 5.74) is -0.582. The van der Waals surface area contributed by atoms with Gasteiger partial charge in [-0.05, 0) is 18.2 Å². The predicted molar refractivity (Wildman–Crippen MR) is 87.8 cm³/mol. The van der Waals surface area contributed by atoms with Gasteiger partial charge >= 0.3 is 5.69 Å². The summed E-state index contributed by atoms with van der Waals surface area (Å²) in [4.78, 5) is 22.5. The number of rotatable bonds is 3. The van der Waals surface area contributed by atoms with Crippen LogP contribution in [0.15, 0.2) is 42.5 Å². The van der Waals surface area contributed by atoms with Crippen LogP contribution >= 0.6 is 22.9 Å². The Morgan fingerprint density at radius 1 is 1.26 bits per heavy atom. The highest BCUT2D eigenvalue weighted by atomic mass is 35.5. The molecule has 0 saturated heterocycles.